The second kappa shape index (κ2) is 6.08. The zero-order valence-corrected chi connectivity index (χ0v) is 13.2. The van der Waals surface area contributed by atoms with Crippen molar-refractivity contribution in [3.05, 3.63) is 0 Å². The minimum atomic E-state index is -0.989. The van der Waals surface area contributed by atoms with Gasteiger partial charge in [-0.25, -0.2) is 0 Å². The first kappa shape index (κ1) is 15.2. The van der Waals surface area contributed by atoms with Crippen molar-refractivity contribution in [3.8, 4) is 0 Å². The second-order valence-corrected chi connectivity index (χ2v) is 8.07. The number of hydrogen-bond acceptors (Lipinski definition) is 1. The number of halogens is 3. The molecule has 1 unspecified atom stereocenters. The molecule has 106 valence electrons. The monoisotopic (exact) mass is 311 g/mol. The lowest BCUT2D eigenvalue weighted by molar-refractivity contribution is 0.201. The Hall–Kier alpha value is 0.830. The van der Waals surface area contributed by atoms with Gasteiger partial charge < -0.3 is 5.73 Å². The lowest BCUT2D eigenvalue weighted by Gasteiger charge is -2.47. The minimum absolute atomic E-state index is 0.249. The Balaban J connectivity index is 2.09. The molecule has 0 heterocycles. The molecule has 0 aromatic carbocycles. The van der Waals surface area contributed by atoms with E-state index in [4.69, 9.17) is 40.5 Å². The van der Waals surface area contributed by atoms with Crippen LogP contribution in [0.25, 0.3) is 0 Å². The van der Waals surface area contributed by atoms with Gasteiger partial charge in [-0.1, -0.05) is 73.3 Å². The lowest BCUT2D eigenvalue weighted by atomic mass is 9.76. The van der Waals surface area contributed by atoms with Gasteiger partial charge >= 0.3 is 0 Å². The molecular weight excluding hydrogens is 289 g/mol. The van der Waals surface area contributed by atoms with Crippen LogP contribution in [-0.2, 0) is 0 Å². The van der Waals surface area contributed by atoms with Gasteiger partial charge in [0.25, 0.3) is 0 Å². The molecule has 2 N–H and O–H groups in total. The van der Waals surface area contributed by atoms with Gasteiger partial charge in [-0.05, 0) is 37.5 Å². The summed E-state index contributed by atoms with van der Waals surface area (Å²) in [4.78, 5) is -0.974. The fourth-order valence-corrected chi connectivity index (χ4v) is 4.69. The molecular formula is C14H24Cl3N. The molecule has 2 aliphatic rings. The summed E-state index contributed by atoms with van der Waals surface area (Å²) in [5.74, 6) is 0.504. The summed E-state index contributed by atoms with van der Waals surface area (Å²) in [6.45, 7) is 0. The molecule has 2 fully saturated rings. The summed E-state index contributed by atoms with van der Waals surface area (Å²) < 4.78 is -0.989. The van der Waals surface area contributed by atoms with Gasteiger partial charge in [0, 0.05) is 0 Å². The average molecular weight is 313 g/mol. The maximum atomic E-state index is 6.65. The van der Waals surface area contributed by atoms with Gasteiger partial charge in [0.1, 0.15) is 5.00 Å². The highest BCUT2D eigenvalue weighted by molar-refractivity contribution is 6.53. The zero-order valence-electron chi connectivity index (χ0n) is 10.9. The molecule has 2 rings (SSSR count). The number of alkyl halides is 3. The van der Waals surface area contributed by atoms with E-state index in [9.17, 15) is 0 Å². The third kappa shape index (κ3) is 2.95. The first-order valence-electron chi connectivity index (χ1n) is 7.32. The highest BCUT2D eigenvalue weighted by Gasteiger charge is 2.54. The quantitative estimate of drug-likeness (QED) is 0.561. The SMILES string of the molecule is NC(Cl)(C1CCCCC1)C(Cl)(Cl)C1CCCCC1. The number of rotatable bonds is 3. The molecule has 0 amide bonds. The Bertz CT molecular complexity index is 238. The largest absolute Gasteiger partial charge is 0.310 e. The topological polar surface area (TPSA) is 26.0 Å². The molecule has 18 heavy (non-hydrogen) atoms. The van der Waals surface area contributed by atoms with Crippen molar-refractivity contribution < 1.29 is 0 Å². The van der Waals surface area contributed by atoms with E-state index in [1.807, 2.05) is 0 Å². The lowest BCUT2D eigenvalue weighted by Crippen LogP contribution is -2.59. The standard InChI is InChI=1S/C14H24Cl3N/c15-13(16,11-7-3-1-4-8-11)14(17,18)12-9-5-2-6-10-12/h11-12H,1-10,18H2. The Morgan fingerprint density at radius 3 is 1.50 bits per heavy atom. The van der Waals surface area contributed by atoms with Crippen LogP contribution in [0, 0.1) is 11.8 Å². The van der Waals surface area contributed by atoms with Gasteiger partial charge in [0.15, 0.2) is 4.33 Å². The van der Waals surface area contributed by atoms with Gasteiger partial charge in [-0.15, -0.1) is 0 Å². The first-order valence-corrected chi connectivity index (χ1v) is 8.45. The molecule has 0 aliphatic heterocycles. The van der Waals surface area contributed by atoms with E-state index in [0.29, 0.717) is 0 Å². The van der Waals surface area contributed by atoms with Crippen LogP contribution in [-0.4, -0.2) is 9.33 Å². The molecule has 1 nitrogen and oxygen atoms in total. The molecule has 0 radical (unpaired) electrons. The highest BCUT2D eigenvalue weighted by Crippen LogP contribution is 2.52. The summed E-state index contributed by atoms with van der Waals surface area (Å²) in [6, 6.07) is 0. The molecule has 0 aromatic rings. The van der Waals surface area contributed by atoms with E-state index in [2.05, 4.69) is 0 Å². The van der Waals surface area contributed by atoms with Crippen molar-refractivity contribution in [2.75, 3.05) is 0 Å². The highest BCUT2D eigenvalue weighted by atomic mass is 35.5. The summed E-state index contributed by atoms with van der Waals surface area (Å²) in [6.07, 6.45) is 11.6. The van der Waals surface area contributed by atoms with Crippen LogP contribution >= 0.6 is 34.8 Å². The fourth-order valence-electron chi connectivity index (χ4n) is 3.57. The summed E-state index contributed by atoms with van der Waals surface area (Å²) in [7, 11) is 0. The van der Waals surface area contributed by atoms with Crippen LogP contribution in [0.1, 0.15) is 64.2 Å². The van der Waals surface area contributed by atoms with Crippen molar-refractivity contribution in [2.24, 2.45) is 17.6 Å². The second-order valence-electron chi connectivity index (χ2n) is 6.06. The van der Waals surface area contributed by atoms with Crippen LogP contribution in [0.3, 0.4) is 0 Å². The van der Waals surface area contributed by atoms with E-state index in [-0.39, 0.29) is 11.8 Å². The molecule has 1 atom stereocenters. The third-order valence-corrected chi connectivity index (χ3v) is 6.87. The van der Waals surface area contributed by atoms with Crippen LogP contribution in [0.5, 0.6) is 0 Å². The first-order chi connectivity index (χ1) is 8.46. The molecule has 4 heteroatoms. The zero-order chi connectivity index (χ0) is 13.2. The van der Waals surface area contributed by atoms with E-state index in [1.54, 1.807) is 0 Å². The Morgan fingerprint density at radius 1 is 0.667 bits per heavy atom. The van der Waals surface area contributed by atoms with Crippen LogP contribution in [0.4, 0.5) is 0 Å². The predicted octanol–water partition coefficient (Wildman–Crippen LogP) is 5.21. The van der Waals surface area contributed by atoms with Crippen LogP contribution in [0.15, 0.2) is 0 Å². The van der Waals surface area contributed by atoms with Gasteiger partial charge in [-0.2, -0.15) is 0 Å². The van der Waals surface area contributed by atoms with Crippen LogP contribution < -0.4 is 5.73 Å². The Labute approximate surface area is 126 Å². The molecule has 2 saturated carbocycles. The minimum Gasteiger partial charge on any atom is -0.310 e. The third-order valence-electron chi connectivity index (χ3n) is 4.83. The number of nitrogens with two attached hydrogens (primary N) is 1. The molecule has 0 aromatic heterocycles. The maximum absolute atomic E-state index is 6.65. The van der Waals surface area contributed by atoms with Crippen LogP contribution in [0.2, 0.25) is 0 Å². The summed E-state index contributed by atoms with van der Waals surface area (Å²) in [5, 5.41) is 0. The normalized spacial score (nSPS) is 28.0. The Kier molecular flexibility index (Phi) is 5.14. The smallest absolute Gasteiger partial charge is 0.153 e. The van der Waals surface area contributed by atoms with E-state index < -0.39 is 9.33 Å². The summed E-state index contributed by atoms with van der Waals surface area (Å²) in [5.41, 5.74) is 6.40. The molecule has 0 saturated heterocycles. The van der Waals surface area contributed by atoms with Gasteiger partial charge in [0.05, 0.1) is 0 Å². The van der Waals surface area contributed by atoms with Gasteiger partial charge in [-0.3, -0.25) is 0 Å². The maximum Gasteiger partial charge on any atom is 0.153 e. The fraction of sp³-hybridized carbons (Fsp3) is 1.00. The van der Waals surface area contributed by atoms with Gasteiger partial charge in [0.2, 0.25) is 0 Å². The van der Waals surface area contributed by atoms with E-state index >= 15 is 0 Å². The van der Waals surface area contributed by atoms with E-state index in [1.165, 1.54) is 38.5 Å². The molecule has 2 aliphatic carbocycles. The van der Waals surface area contributed by atoms with E-state index in [0.717, 1.165) is 25.7 Å². The number of hydrogen-bond donors (Lipinski definition) is 1. The Morgan fingerprint density at radius 2 is 1.06 bits per heavy atom. The molecule has 0 bridgehead atoms. The average Bonchev–Trinajstić information content (AvgIpc) is 2.40. The predicted molar refractivity (Wildman–Crippen MR) is 80.4 cm³/mol. The van der Waals surface area contributed by atoms with Crippen molar-refractivity contribution in [1.82, 2.24) is 0 Å². The molecule has 0 spiro atoms. The van der Waals surface area contributed by atoms with Crippen molar-refractivity contribution >= 4 is 34.8 Å². The van der Waals surface area contributed by atoms with Crippen molar-refractivity contribution in [2.45, 2.75) is 73.5 Å². The van der Waals surface area contributed by atoms with Crippen molar-refractivity contribution in [3.63, 3.8) is 0 Å². The summed E-state index contributed by atoms with van der Waals surface area (Å²) >= 11 is 20.0. The van der Waals surface area contributed by atoms with Crippen molar-refractivity contribution in [1.29, 1.82) is 0 Å².